The summed E-state index contributed by atoms with van der Waals surface area (Å²) in [6, 6.07) is 1.54. The van der Waals surface area contributed by atoms with Crippen molar-refractivity contribution in [3.05, 3.63) is 84.1 Å². The molecule has 0 radical (unpaired) electrons. The Kier molecular flexibility index (Phi) is 38.7. The summed E-state index contributed by atoms with van der Waals surface area (Å²) in [6.07, 6.45) is -4.81. The van der Waals surface area contributed by atoms with Crippen LogP contribution in [0.25, 0.3) is 0 Å². The number of carbonyl (C=O) groups is 16. The van der Waals surface area contributed by atoms with Crippen molar-refractivity contribution in [2.24, 2.45) is 41.4 Å². The largest absolute Gasteiger partial charge is 0.481 e. The van der Waals surface area contributed by atoms with Crippen molar-refractivity contribution < 1.29 is 96.4 Å². The molecule has 3 heterocycles. The summed E-state index contributed by atoms with van der Waals surface area (Å²) in [7, 11) is 4.38. The van der Waals surface area contributed by atoms with E-state index in [4.69, 9.17) is 9.47 Å². The number of esters is 1. The van der Waals surface area contributed by atoms with Gasteiger partial charge in [0.1, 0.15) is 48.4 Å². The number of hydrogen-bond donors (Lipinski definition) is 11. The van der Waals surface area contributed by atoms with Crippen LogP contribution < -0.4 is 47.9 Å². The van der Waals surface area contributed by atoms with Gasteiger partial charge in [-0.25, -0.2) is 4.79 Å². The molecule has 33 heteroatoms. The van der Waals surface area contributed by atoms with Gasteiger partial charge in [0.2, 0.25) is 65.0 Å². The van der Waals surface area contributed by atoms with E-state index < -0.39 is 241 Å². The van der Waals surface area contributed by atoms with E-state index in [1.165, 1.54) is 39.8 Å². The minimum absolute atomic E-state index is 0.0204. The number of aliphatic hydroxyl groups is 1. The maximum absolute atomic E-state index is 15.6. The molecule has 2 unspecified atom stereocenters. The van der Waals surface area contributed by atoms with Gasteiger partial charge in [-0.1, -0.05) is 163 Å². The Labute approximate surface area is 669 Å². The number of ether oxygens (including phenoxy) is 2. The monoisotopic (exact) mass is 1620 g/mol. The third-order valence-electron chi connectivity index (χ3n) is 21.3. The van der Waals surface area contributed by atoms with E-state index in [1.807, 2.05) is 20.8 Å². The average Bonchev–Trinajstić information content (AvgIpc) is 1.75. The van der Waals surface area contributed by atoms with Crippen LogP contribution in [-0.4, -0.2) is 226 Å². The number of nitrogens with zero attached hydrogens (tertiary/aromatic N) is 2. The quantitative estimate of drug-likeness (QED) is 0.0514. The van der Waals surface area contributed by atoms with Crippen LogP contribution in [0.3, 0.4) is 0 Å². The number of Topliss-reactive ketones (excluding diaryl/α,β-unsaturated/α-hetero) is 3. The van der Waals surface area contributed by atoms with Crippen molar-refractivity contribution >= 4 is 116 Å². The molecule has 0 aliphatic carbocycles. The SMILES string of the molecule is C=C1NC(=O)[C@H]([C@@H](C)CC)CC(=O)[C@@H]2CSSC[C@H](NC(=O)CCC(=O)O)C(=O)N[C@H](Cc3ccccc3)C(=O)N[C@H](C)C(=O)NC(C[C@@H](C)CC)C(=O)C[C@@H](C(=O)N[C@H](Cc3ccccc3)C(=O)N3CCC[C@H]3C(=O)N2)[C@@H](C)OC(=O)[C@H](CO)NC(=O)[C@H]([C@@H](C)OC)N(C)C(=O)C(C(C)C)NC(=O)[C@H](C[C@H](C)CC)CC1=O. The van der Waals surface area contributed by atoms with Gasteiger partial charge in [0, 0.05) is 82.6 Å². The molecule has 5 rings (SSSR count). The fourth-order valence-corrected chi connectivity index (χ4v) is 15.8. The number of benzene rings is 2. The summed E-state index contributed by atoms with van der Waals surface area (Å²) in [5.41, 5.74) is 0.611. The number of carbonyl (C=O) groups excluding carboxylic acids is 15. The summed E-state index contributed by atoms with van der Waals surface area (Å²) in [6.45, 7) is 20.8. The number of methoxy groups -OCH3 is 1. The molecular formula is C80H117N11O20S2. The van der Waals surface area contributed by atoms with Gasteiger partial charge in [-0.15, -0.1) is 0 Å². The highest BCUT2D eigenvalue weighted by Gasteiger charge is 2.45. The first kappa shape index (κ1) is 94.5. The zero-order valence-electron chi connectivity index (χ0n) is 67.1. The highest BCUT2D eigenvalue weighted by molar-refractivity contribution is 8.76. The highest BCUT2D eigenvalue weighted by Crippen LogP contribution is 2.30. The number of carboxylic acid groups (broad SMARTS) is 1. The lowest BCUT2D eigenvalue weighted by molar-refractivity contribution is -0.160. The number of rotatable bonds is 20. The van der Waals surface area contributed by atoms with Crippen molar-refractivity contribution in [2.75, 3.05) is 38.8 Å². The molecule has 3 fully saturated rings. The number of ketones is 3. The summed E-state index contributed by atoms with van der Waals surface area (Å²) >= 11 is 0. The number of cyclic esters (lactones) is 1. The number of aliphatic hydroxyl groups excluding tert-OH is 1. The third-order valence-corrected chi connectivity index (χ3v) is 23.7. The Balaban J connectivity index is 1.80. The Morgan fingerprint density at radius 1 is 0.628 bits per heavy atom. The molecule has 3 aliphatic rings. The highest BCUT2D eigenvalue weighted by atomic mass is 33.1. The predicted molar refractivity (Wildman–Crippen MR) is 423 cm³/mol. The molecule has 2 aromatic carbocycles. The molecule has 0 saturated carbocycles. The van der Waals surface area contributed by atoms with Crippen LogP contribution in [0.15, 0.2) is 72.9 Å². The summed E-state index contributed by atoms with van der Waals surface area (Å²) in [5.74, 6) is -21.3. The zero-order valence-corrected chi connectivity index (χ0v) is 68.8. The van der Waals surface area contributed by atoms with Crippen molar-refractivity contribution in [2.45, 2.75) is 239 Å². The van der Waals surface area contributed by atoms with Gasteiger partial charge in [0.15, 0.2) is 23.4 Å². The molecular weight excluding hydrogens is 1500 g/mol. The molecule has 11 amide bonds. The molecule has 11 N–H and O–H groups in total. The van der Waals surface area contributed by atoms with Crippen molar-refractivity contribution in [3.63, 3.8) is 0 Å². The second kappa shape index (κ2) is 46.3. The van der Waals surface area contributed by atoms with Gasteiger partial charge in [-0.3, -0.25) is 71.9 Å². The number of carboxylic acids is 1. The molecule has 2 aromatic rings. The maximum atomic E-state index is 15.6. The van der Waals surface area contributed by atoms with Crippen molar-refractivity contribution in [1.82, 2.24) is 57.7 Å². The Hall–Kier alpha value is -9.08. The van der Waals surface area contributed by atoms with Gasteiger partial charge in [0.25, 0.3) is 0 Å². The summed E-state index contributed by atoms with van der Waals surface area (Å²) < 4.78 is 11.6. The summed E-state index contributed by atoms with van der Waals surface area (Å²) in [4.78, 5) is 237. The van der Waals surface area contributed by atoms with E-state index in [0.29, 0.717) is 30.4 Å². The fourth-order valence-electron chi connectivity index (χ4n) is 13.4. The fraction of sp³-hybridized carbons (Fsp3) is 0.625. The van der Waals surface area contributed by atoms with Gasteiger partial charge in [-0.2, -0.15) is 0 Å². The molecule has 3 saturated heterocycles. The average molecular weight is 1620 g/mol. The first-order valence-corrected chi connectivity index (χ1v) is 41.4. The van der Waals surface area contributed by atoms with E-state index in [9.17, 15) is 63.0 Å². The number of amides is 11. The van der Waals surface area contributed by atoms with Crippen LogP contribution in [0.1, 0.15) is 164 Å². The first-order valence-electron chi connectivity index (χ1n) is 38.9. The molecule has 624 valence electrons. The van der Waals surface area contributed by atoms with E-state index in [1.54, 1.807) is 95.3 Å². The second-order valence-electron chi connectivity index (χ2n) is 30.3. The topological polar surface area (TPSA) is 447 Å². The summed E-state index contributed by atoms with van der Waals surface area (Å²) in [5, 5.41) is 44.5. The minimum Gasteiger partial charge on any atom is -0.481 e. The standard InChI is InChI=1S/C80H117N11O20S2/c1-15-44(6)33-53-37-63(93)47(9)81-72(101)54(46(8)17-3)38-65(95)60-41-112-113-42-61(83-66(96)30-31-67(97)98)75(104)85-57(35-51-25-20-18-21-26-51)74(103)82-48(10)70(99)84-56(34-45(7)16-2)64(94)39-55(73(102)86-58(36-52-27-22-19-23-28-52)78(107)91-32-24-29-62(91)76(105)88-60)49(11)111-80(109)59(40-92)87-77(106)69(50(12)110-14)90(13)79(108)68(43(4)5)89-71(53)100/h18-23,25-28,43-46,48-50,53-62,68-69,92H,9,15-17,24,29-42H2,1-8,10-14H3,(H,81,101)(H,82,103)(H,83,96)(H,84,99)(H,85,104)(H,86,102)(H,87,106)(H,88,105)(H,89,100)(H,97,98)/t44-,45+,46+,48-,49-,50-,53-,54+,55-,56?,57-,58-,59+,60+,61+,62+,68?,69+/m1/s1. The lowest BCUT2D eigenvalue weighted by Gasteiger charge is -2.35. The van der Waals surface area contributed by atoms with Gasteiger partial charge < -0.3 is 77.3 Å². The number of fused-ring (bicyclic) bond motifs is 6. The number of likely N-dealkylation sites (N-methyl/N-ethyl adjacent to an activating group) is 1. The molecule has 18 atom stereocenters. The number of hydrogen-bond acceptors (Lipinski definition) is 21. The lowest BCUT2D eigenvalue weighted by Crippen LogP contribution is -2.61. The van der Waals surface area contributed by atoms with Gasteiger partial charge >= 0.3 is 11.9 Å². The second-order valence-corrected chi connectivity index (χ2v) is 32.9. The number of nitrogens with one attached hydrogen (secondary N) is 9. The Morgan fingerprint density at radius 2 is 1.21 bits per heavy atom. The molecule has 2 bridgehead atoms. The van der Waals surface area contributed by atoms with Crippen LogP contribution in [0.2, 0.25) is 0 Å². The Bertz CT molecular complexity index is 3690. The van der Waals surface area contributed by atoms with Crippen LogP contribution in [0.4, 0.5) is 0 Å². The van der Waals surface area contributed by atoms with E-state index in [-0.39, 0.29) is 68.4 Å². The number of aliphatic carboxylic acids is 1. The van der Waals surface area contributed by atoms with Crippen molar-refractivity contribution in [3.8, 4) is 0 Å². The predicted octanol–water partition coefficient (Wildman–Crippen LogP) is 3.35. The van der Waals surface area contributed by atoms with Crippen LogP contribution in [0, 0.1) is 41.4 Å². The van der Waals surface area contributed by atoms with Crippen LogP contribution in [-0.2, 0) is 99.0 Å². The lowest BCUT2D eigenvalue weighted by atomic mass is 9.85. The molecule has 31 nitrogen and oxygen atoms in total. The molecule has 3 aliphatic heterocycles. The maximum Gasteiger partial charge on any atom is 0.331 e. The van der Waals surface area contributed by atoms with Gasteiger partial charge in [0.05, 0.1) is 42.8 Å². The molecule has 113 heavy (non-hydrogen) atoms. The normalized spacial score (nSPS) is 27.6. The first-order chi connectivity index (χ1) is 53.5. The van der Waals surface area contributed by atoms with Gasteiger partial charge in [-0.05, 0) is 81.3 Å². The van der Waals surface area contributed by atoms with E-state index in [2.05, 4.69) is 54.4 Å². The minimum atomic E-state index is -1.96. The third kappa shape index (κ3) is 28.8. The van der Waals surface area contributed by atoms with Crippen LogP contribution >= 0.6 is 21.6 Å². The van der Waals surface area contributed by atoms with E-state index >= 15 is 24.0 Å². The molecule has 0 spiro atoms. The Morgan fingerprint density at radius 3 is 1.80 bits per heavy atom. The number of allylic oxidation sites excluding steroid dienone is 1. The smallest absolute Gasteiger partial charge is 0.331 e. The van der Waals surface area contributed by atoms with Crippen LogP contribution in [0.5, 0.6) is 0 Å². The molecule has 0 aromatic heterocycles. The zero-order chi connectivity index (χ0) is 84.1. The van der Waals surface area contributed by atoms with E-state index in [0.717, 1.165) is 26.5 Å². The van der Waals surface area contributed by atoms with Crippen molar-refractivity contribution in [1.29, 1.82) is 0 Å².